The number of hydrogen-bond acceptors (Lipinski definition) is 1. The first-order valence-electron chi connectivity index (χ1n) is 6.34. The normalized spacial score (nSPS) is 13.6. The third-order valence-electron chi connectivity index (χ3n) is 3.04. The summed E-state index contributed by atoms with van der Waals surface area (Å²) in [6, 6.07) is 16.6. The standard InChI is InChI=1S/C17H19N/c1-3-6-14-7-4-5-8-16(14)17(18)15-11-9-13(2)10-12-15/h4-12H,3,18H2,1-2H3/b14-6-,17-16-. The van der Waals surface area contributed by atoms with Crippen molar-refractivity contribution >= 4 is 11.8 Å². The maximum atomic E-state index is 6.29. The molecule has 0 spiro atoms. The quantitative estimate of drug-likeness (QED) is 0.852. The monoisotopic (exact) mass is 237 g/mol. The molecular formula is C17H19N. The van der Waals surface area contributed by atoms with Gasteiger partial charge in [-0.05, 0) is 24.1 Å². The van der Waals surface area contributed by atoms with Crippen molar-refractivity contribution in [2.24, 2.45) is 5.73 Å². The van der Waals surface area contributed by atoms with Crippen molar-refractivity contribution in [1.82, 2.24) is 0 Å². The van der Waals surface area contributed by atoms with Gasteiger partial charge in [0.05, 0.1) is 0 Å². The first kappa shape index (κ1) is 12.4. The molecule has 2 aromatic carbocycles. The molecule has 2 rings (SSSR count). The number of aryl methyl sites for hydroxylation is 1. The van der Waals surface area contributed by atoms with Crippen LogP contribution in [0, 0.1) is 6.92 Å². The van der Waals surface area contributed by atoms with Crippen LogP contribution in [0.15, 0.2) is 48.5 Å². The predicted octanol–water partition coefficient (Wildman–Crippen LogP) is 2.30. The Bertz CT molecular complexity index is 636. The molecule has 0 saturated heterocycles. The van der Waals surface area contributed by atoms with E-state index >= 15 is 0 Å². The molecule has 0 aliphatic carbocycles. The molecule has 0 bridgehead atoms. The van der Waals surface area contributed by atoms with Gasteiger partial charge in [0.1, 0.15) is 0 Å². The summed E-state index contributed by atoms with van der Waals surface area (Å²) in [6.07, 6.45) is 3.22. The van der Waals surface area contributed by atoms with E-state index in [1.54, 1.807) is 0 Å². The van der Waals surface area contributed by atoms with E-state index in [2.05, 4.69) is 56.3 Å². The van der Waals surface area contributed by atoms with Crippen LogP contribution in [-0.2, 0) is 0 Å². The summed E-state index contributed by atoms with van der Waals surface area (Å²) >= 11 is 0. The summed E-state index contributed by atoms with van der Waals surface area (Å²) in [7, 11) is 0. The Balaban J connectivity index is 2.68. The van der Waals surface area contributed by atoms with Crippen molar-refractivity contribution in [2.45, 2.75) is 20.3 Å². The van der Waals surface area contributed by atoms with Gasteiger partial charge in [-0.3, -0.25) is 0 Å². The van der Waals surface area contributed by atoms with Gasteiger partial charge in [-0.15, -0.1) is 0 Å². The third-order valence-corrected chi connectivity index (χ3v) is 3.04. The zero-order valence-electron chi connectivity index (χ0n) is 11.0. The fourth-order valence-corrected chi connectivity index (χ4v) is 2.03. The minimum Gasteiger partial charge on any atom is -0.398 e. The van der Waals surface area contributed by atoms with Crippen LogP contribution in [-0.4, -0.2) is 0 Å². The van der Waals surface area contributed by atoms with Crippen LogP contribution in [0.4, 0.5) is 0 Å². The lowest BCUT2D eigenvalue weighted by Gasteiger charge is -2.03. The van der Waals surface area contributed by atoms with Crippen molar-refractivity contribution in [3.63, 3.8) is 0 Å². The van der Waals surface area contributed by atoms with E-state index in [1.807, 2.05) is 12.1 Å². The fraction of sp³-hybridized carbons (Fsp3) is 0.176. The zero-order chi connectivity index (χ0) is 13.0. The van der Waals surface area contributed by atoms with E-state index in [-0.39, 0.29) is 0 Å². The van der Waals surface area contributed by atoms with Crippen molar-refractivity contribution in [3.05, 3.63) is 70.1 Å². The highest BCUT2D eigenvalue weighted by Gasteiger charge is 1.98. The Hall–Kier alpha value is -2.02. The Morgan fingerprint density at radius 3 is 2.39 bits per heavy atom. The Morgan fingerprint density at radius 2 is 1.72 bits per heavy atom. The molecule has 0 heterocycles. The molecule has 0 aliphatic heterocycles. The minimum absolute atomic E-state index is 0.843. The molecule has 0 saturated carbocycles. The molecule has 0 amide bonds. The molecule has 0 aromatic heterocycles. The first-order chi connectivity index (χ1) is 8.72. The smallest absolute Gasteiger partial charge is 0.0467 e. The van der Waals surface area contributed by atoms with Gasteiger partial charge in [0, 0.05) is 10.9 Å². The van der Waals surface area contributed by atoms with E-state index in [0.29, 0.717) is 0 Å². The zero-order valence-corrected chi connectivity index (χ0v) is 11.0. The minimum atomic E-state index is 0.843. The molecule has 0 aliphatic rings. The first-order valence-corrected chi connectivity index (χ1v) is 6.34. The van der Waals surface area contributed by atoms with E-state index in [1.165, 1.54) is 10.8 Å². The van der Waals surface area contributed by atoms with Crippen molar-refractivity contribution in [2.75, 3.05) is 0 Å². The lowest BCUT2D eigenvalue weighted by Crippen LogP contribution is -2.29. The van der Waals surface area contributed by atoms with Crippen molar-refractivity contribution in [3.8, 4) is 0 Å². The maximum Gasteiger partial charge on any atom is 0.0467 e. The molecular weight excluding hydrogens is 218 g/mol. The van der Waals surface area contributed by atoms with Crippen LogP contribution < -0.4 is 16.2 Å². The molecule has 0 radical (unpaired) electrons. The SMILES string of the molecule is CC/C=c1/cccc/c1=C(/N)c1ccc(C)cc1. The van der Waals surface area contributed by atoms with Gasteiger partial charge < -0.3 is 5.73 Å². The van der Waals surface area contributed by atoms with Gasteiger partial charge in [0.25, 0.3) is 0 Å². The Labute approximate surface area is 108 Å². The highest BCUT2D eigenvalue weighted by Crippen LogP contribution is 2.07. The number of rotatable bonds is 2. The van der Waals surface area contributed by atoms with Gasteiger partial charge in [-0.25, -0.2) is 0 Å². The molecule has 92 valence electrons. The van der Waals surface area contributed by atoms with Gasteiger partial charge >= 0.3 is 0 Å². The van der Waals surface area contributed by atoms with Crippen molar-refractivity contribution in [1.29, 1.82) is 0 Å². The van der Waals surface area contributed by atoms with Crippen LogP contribution in [0.5, 0.6) is 0 Å². The molecule has 0 atom stereocenters. The highest BCUT2D eigenvalue weighted by atomic mass is 14.6. The Morgan fingerprint density at radius 1 is 1.06 bits per heavy atom. The van der Waals surface area contributed by atoms with Gasteiger partial charge in [-0.2, -0.15) is 0 Å². The summed E-state index contributed by atoms with van der Waals surface area (Å²) in [6.45, 7) is 4.22. The second-order valence-corrected chi connectivity index (χ2v) is 4.48. The van der Waals surface area contributed by atoms with Crippen LogP contribution >= 0.6 is 0 Å². The molecule has 0 fully saturated rings. The molecule has 1 heteroatoms. The Kier molecular flexibility index (Phi) is 3.83. The average Bonchev–Trinajstić information content (AvgIpc) is 2.40. The van der Waals surface area contributed by atoms with Gasteiger partial charge in [-0.1, -0.05) is 67.1 Å². The fourth-order valence-electron chi connectivity index (χ4n) is 2.03. The summed E-state index contributed by atoms with van der Waals surface area (Å²) in [5, 5.41) is 2.32. The molecule has 1 nitrogen and oxygen atoms in total. The van der Waals surface area contributed by atoms with Gasteiger partial charge in [0.2, 0.25) is 0 Å². The van der Waals surface area contributed by atoms with Crippen LogP contribution in [0.1, 0.15) is 24.5 Å². The van der Waals surface area contributed by atoms with E-state index in [4.69, 9.17) is 5.73 Å². The summed E-state index contributed by atoms with van der Waals surface area (Å²) in [5.74, 6) is 0. The largest absolute Gasteiger partial charge is 0.398 e. The number of benzene rings is 2. The van der Waals surface area contributed by atoms with Gasteiger partial charge in [0.15, 0.2) is 0 Å². The lowest BCUT2D eigenvalue weighted by molar-refractivity contribution is 1.27. The van der Waals surface area contributed by atoms with Crippen molar-refractivity contribution < 1.29 is 0 Å². The topological polar surface area (TPSA) is 26.0 Å². The van der Waals surface area contributed by atoms with E-state index in [9.17, 15) is 0 Å². The van der Waals surface area contributed by atoms with Crippen LogP contribution in [0.25, 0.3) is 11.8 Å². The second kappa shape index (κ2) is 5.54. The van der Waals surface area contributed by atoms with Crippen LogP contribution in [0.2, 0.25) is 0 Å². The summed E-state index contributed by atoms with van der Waals surface area (Å²) < 4.78 is 0. The van der Waals surface area contributed by atoms with E-state index in [0.717, 1.165) is 22.9 Å². The highest BCUT2D eigenvalue weighted by molar-refractivity contribution is 5.63. The third kappa shape index (κ3) is 2.62. The predicted molar refractivity (Wildman–Crippen MR) is 78.3 cm³/mol. The number of nitrogens with two attached hydrogens (primary N) is 1. The summed E-state index contributed by atoms with van der Waals surface area (Å²) in [5.41, 5.74) is 9.47. The molecule has 2 aromatic rings. The summed E-state index contributed by atoms with van der Waals surface area (Å²) in [4.78, 5) is 0. The number of hydrogen-bond donors (Lipinski definition) is 1. The van der Waals surface area contributed by atoms with Crippen LogP contribution in [0.3, 0.4) is 0 Å². The average molecular weight is 237 g/mol. The molecule has 18 heavy (non-hydrogen) atoms. The molecule has 0 unspecified atom stereocenters. The lowest BCUT2D eigenvalue weighted by atomic mass is 10.1. The maximum absolute atomic E-state index is 6.29. The molecule has 2 N–H and O–H groups in total. The van der Waals surface area contributed by atoms with E-state index < -0.39 is 0 Å². The second-order valence-electron chi connectivity index (χ2n) is 4.48.